The lowest BCUT2D eigenvalue weighted by Gasteiger charge is -2.12. The number of aromatic nitrogens is 2. The molecule has 4 nitrogen and oxygen atoms in total. The Hall–Kier alpha value is -1.68. The first kappa shape index (κ1) is 13.7. The van der Waals surface area contributed by atoms with Gasteiger partial charge in [-0.15, -0.1) is 0 Å². The molecule has 0 saturated carbocycles. The molecular formula is C14H15ClN2O2. The summed E-state index contributed by atoms with van der Waals surface area (Å²) in [6.45, 7) is 5.45. The summed E-state index contributed by atoms with van der Waals surface area (Å²) in [5, 5.41) is 4.57. The lowest BCUT2D eigenvalue weighted by atomic mass is 9.92. The van der Waals surface area contributed by atoms with Gasteiger partial charge in [-0.1, -0.05) is 30.6 Å². The van der Waals surface area contributed by atoms with Crippen LogP contribution in [-0.2, 0) is 4.79 Å². The molecule has 0 saturated heterocycles. The van der Waals surface area contributed by atoms with Crippen LogP contribution in [0, 0.1) is 5.92 Å². The maximum absolute atomic E-state index is 11.6. The van der Waals surface area contributed by atoms with Gasteiger partial charge >= 0.3 is 0 Å². The van der Waals surface area contributed by atoms with Crippen molar-refractivity contribution in [3.63, 3.8) is 0 Å². The Kier molecular flexibility index (Phi) is 4.00. The highest BCUT2D eigenvalue weighted by Crippen LogP contribution is 2.26. The van der Waals surface area contributed by atoms with Crippen LogP contribution in [0.1, 0.15) is 32.6 Å². The molecule has 0 N–H and O–H groups in total. The number of hydrogen-bond acceptors (Lipinski definition) is 4. The number of halogens is 1. The van der Waals surface area contributed by atoms with Gasteiger partial charge in [0.15, 0.2) is 0 Å². The van der Waals surface area contributed by atoms with Gasteiger partial charge in [-0.05, 0) is 37.1 Å². The number of carbonyl (C=O) groups is 1. The average molecular weight is 279 g/mol. The SMILES string of the molecule is CC(=O)C(c1nc(-c2ccc(Cl)cc2)no1)C(C)C. The lowest BCUT2D eigenvalue weighted by molar-refractivity contribution is -0.119. The first-order valence-electron chi connectivity index (χ1n) is 6.09. The summed E-state index contributed by atoms with van der Waals surface area (Å²) in [5.74, 6) is 0.636. The van der Waals surface area contributed by atoms with E-state index in [0.29, 0.717) is 16.7 Å². The van der Waals surface area contributed by atoms with Gasteiger partial charge in [0.25, 0.3) is 0 Å². The van der Waals surface area contributed by atoms with Crippen molar-refractivity contribution in [2.24, 2.45) is 5.92 Å². The minimum absolute atomic E-state index is 0.0290. The number of ketones is 1. The van der Waals surface area contributed by atoms with Crippen LogP contribution in [0.2, 0.25) is 5.02 Å². The van der Waals surface area contributed by atoms with Gasteiger partial charge in [0.2, 0.25) is 11.7 Å². The van der Waals surface area contributed by atoms with Crippen LogP contribution in [0.4, 0.5) is 0 Å². The predicted molar refractivity (Wildman–Crippen MR) is 73.0 cm³/mol. The molecular weight excluding hydrogens is 264 g/mol. The summed E-state index contributed by atoms with van der Waals surface area (Å²) >= 11 is 5.83. The number of hydrogen-bond donors (Lipinski definition) is 0. The summed E-state index contributed by atoms with van der Waals surface area (Å²) in [4.78, 5) is 15.9. The molecule has 0 aliphatic heterocycles. The van der Waals surface area contributed by atoms with Gasteiger partial charge in [-0.3, -0.25) is 4.79 Å². The summed E-state index contributed by atoms with van der Waals surface area (Å²) in [6, 6.07) is 7.15. The van der Waals surface area contributed by atoms with Crippen LogP contribution in [0.25, 0.3) is 11.4 Å². The largest absolute Gasteiger partial charge is 0.338 e. The third-order valence-corrected chi connectivity index (χ3v) is 3.17. The fourth-order valence-corrected chi connectivity index (χ4v) is 2.13. The van der Waals surface area contributed by atoms with E-state index in [4.69, 9.17) is 16.1 Å². The number of rotatable bonds is 4. The van der Waals surface area contributed by atoms with Crippen LogP contribution >= 0.6 is 11.6 Å². The van der Waals surface area contributed by atoms with Crippen LogP contribution < -0.4 is 0 Å². The van der Waals surface area contributed by atoms with E-state index < -0.39 is 0 Å². The van der Waals surface area contributed by atoms with Crippen molar-refractivity contribution in [1.82, 2.24) is 10.1 Å². The molecule has 1 aromatic carbocycles. The highest BCUT2D eigenvalue weighted by Gasteiger charge is 2.27. The van der Waals surface area contributed by atoms with Gasteiger partial charge < -0.3 is 4.52 Å². The van der Waals surface area contributed by atoms with E-state index in [9.17, 15) is 4.79 Å². The monoisotopic (exact) mass is 278 g/mol. The lowest BCUT2D eigenvalue weighted by Crippen LogP contribution is -2.15. The van der Waals surface area contributed by atoms with Gasteiger partial charge in [0.1, 0.15) is 5.78 Å². The molecule has 0 spiro atoms. The first-order valence-corrected chi connectivity index (χ1v) is 6.47. The molecule has 0 bridgehead atoms. The highest BCUT2D eigenvalue weighted by molar-refractivity contribution is 6.30. The van der Waals surface area contributed by atoms with Crippen LogP contribution in [0.5, 0.6) is 0 Å². The Balaban J connectivity index is 2.32. The second-order valence-electron chi connectivity index (χ2n) is 4.80. The van der Waals surface area contributed by atoms with E-state index in [2.05, 4.69) is 10.1 Å². The zero-order valence-electron chi connectivity index (χ0n) is 11.1. The molecule has 0 aliphatic carbocycles. The third-order valence-electron chi connectivity index (χ3n) is 2.91. The fourth-order valence-electron chi connectivity index (χ4n) is 2.01. The van der Waals surface area contributed by atoms with Gasteiger partial charge in [0.05, 0.1) is 5.92 Å². The van der Waals surface area contributed by atoms with E-state index in [-0.39, 0.29) is 17.6 Å². The molecule has 100 valence electrons. The molecule has 5 heteroatoms. The van der Waals surface area contributed by atoms with E-state index in [1.54, 1.807) is 12.1 Å². The summed E-state index contributed by atoms with van der Waals surface area (Å²) in [5.41, 5.74) is 0.811. The van der Waals surface area contributed by atoms with Crippen molar-refractivity contribution in [3.05, 3.63) is 35.2 Å². The Morgan fingerprint density at radius 3 is 2.42 bits per heavy atom. The van der Waals surface area contributed by atoms with Gasteiger partial charge in [-0.25, -0.2) is 0 Å². The Morgan fingerprint density at radius 2 is 1.89 bits per heavy atom. The zero-order valence-corrected chi connectivity index (χ0v) is 11.8. The molecule has 1 unspecified atom stereocenters. The molecule has 0 amide bonds. The van der Waals surface area contributed by atoms with E-state index in [1.807, 2.05) is 26.0 Å². The van der Waals surface area contributed by atoms with Crippen molar-refractivity contribution < 1.29 is 9.32 Å². The normalized spacial score (nSPS) is 12.7. The number of Topliss-reactive ketones (excluding diaryl/α,β-unsaturated/α-hetero) is 1. The van der Waals surface area contributed by atoms with E-state index in [1.165, 1.54) is 6.92 Å². The number of nitrogens with zero attached hydrogens (tertiary/aromatic N) is 2. The zero-order chi connectivity index (χ0) is 14.0. The number of benzene rings is 1. The molecule has 2 rings (SSSR count). The van der Waals surface area contributed by atoms with E-state index >= 15 is 0 Å². The molecule has 1 aromatic heterocycles. The Labute approximate surface area is 116 Å². The summed E-state index contributed by atoms with van der Waals surface area (Å²) < 4.78 is 5.22. The van der Waals surface area contributed by atoms with Crippen LogP contribution in [0.3, 0.4) is 0 Å². The van der Waals surface area contributed by atoms with Crippen LogP contribution in [-0.4, -0.2) is 15.9 Å². The van der Waals surface area contributed by atoms with Gasteiger partial charge in [0, 0.05) is 10.6 Å². The summed E-state index contributed by atoms with van der Waals surface area (Å²) in [7, 11) is 0. The molecule has 2 aromatic rings. The number of carbonyl (C=O) groups excluding carboxylic acids is 1. The Bertz CT molecular complexity index is 575. The fraction of sp³-hybridized carbons (Fsp3) is 0.357. The smallest absolute Gasteiger partial charge is 0.237 e. The predicted octanol–water partition coefficient (Wildman–Crippen LogP) is 3.72. The summed E-state index contributed by atoms with van der Waals surface area (Å²) in [6.07, 6.45) is 0. The maximum atomic E-state index is 11.6. The topological polar surface area (TPSA) is 56.0 Å². The second-order valence-corrected chi connectivity index (χ2v) is 5.23. The van der Waals surface area contributed by atoms with Crippen molar-refractivity contribution in [1.29, 1.82) is 0 Å². The molecule has 0 aliphatic rings. The third kappa shape index (κ3) is 3.01. The second kappa shape index (κ2) is 5.53. The molecule has 1 atom stereocenters. The van der Waals surface area contributed by atoms with Crippen molar-refractivity contribution >= 4 is 17.4 Å². The standard InChI is InChI=1S/C14H15ClN2O2/c1-8(2)12(9(3)18)14-16-13(17-19-14)10-4-6-11(15)7-5-10/h4-8,12H,1-3H3. The average Bonchev–Trinajstić information content (AvgIpc) is 2.78. The first-order chi connectivity index (χ1) is 8.99. The van der Waals surface area contributed by atoms with Crippen LogP contribution in [0.15, 0.2) is 28.8 Å². The van der Waals surface area contributed by atoms with E-state index in [0.717, 1.165) is 5.56 Å². The quantitative estimate of drug-likeness (QED) is 0.855. The highest BCUT2D eigenvalue weighted by atomic mass is 35.5. The molecule has 0 fully saturated rings. The molecule has 0 radical (unpaired) electrons. The van der Waals surface area contributed by atoms with Crippen molar-refractivity contribution in [2.75, 3.05) is 0 Å². The minimum Gasteiger partial charge on any atom is -0.338 e. The minimum atomic E-state index is -0.353. The van der Waals surface area contributed by atoms with Crippen molar-refractivity contribution in [3.8, 4) is 11.4 Å². The van der Waals surface area contributed by atoms with Crippen molar-refractivity contribution in [2.45, 2.75) is 26.7 Å². The Morgan fingerprint density at radius 1 is 1.26 bits per heavy atom. The molecule has 19 heavy (non-hydrogen) atoms. The molecule has 1 heterocycles. The maximum Gasteiger partial charge on any atom is 0.237 e. The van der Waals surface area contributed by atoms with Gasteiger partial charge in [-0.2, -0.15) is 4.98 Å².